The van der Waals surface area contributed by atoms with Crippen LogP contribution in [0.4, 0.5) is 0 Å². The van der Waals surface area contributed by atoms with E-state index >= 15 is 0 Å². The molecule has 1 rings (SSSR count). The molecule has 0 saturated heterocycles. The van der Waals surface area contributed by atoms with Crippen molar-refractivity contribution in [2.24, 2.45) is 11.3 Å². The van der Waals surface area contributed by atoms with Gasteiger partial charge >= 0.3 is 0 Å². The number of hydrogen-bond donors (Lipinski definition) is 1. The van der Waals surface area contributed by atoms with Crippen LogP contribution in [0.5, 0.6) is 0 Å². The first-order valence-electron chi connectivity index (χ1n) is 7.24. The molecule has 0 aromatic rings. The zero-order chi connectivity index (χ0) is 12.9. The lowest BCUT2D eigenvalue weighted by Gasteiger charge is -2.30. The predicted molar refractivity (Wildman–Crippen MR) is 74.3 cm³/mol. The van der Waals surface area contributed by atoms with Crippen LogP contribution in [-0.4, -0.2) is 25.8 Å². The van der Waals surface area contributed by atoms with Crippen LogP contribution in [0.3, 0.4) is 0 Å². The highest BCUT2D eigenvalue weighted by atomic mass is 16.5. The summed E-state index contributed by atoms with van der Waals surface area (Å²) in [5.41, 5.74) is 0.425. The highest BCUT2D eigenvalue weighted by Gasteiger charge is 2.36. The molecule has 0 aromatic carbocycles. The molecule has 0 bridgehead atoms. The molecule has 2 nitrogen and oxygen atoms in total. The predicted octanol–water partition coefficient (Wildman–Crippen LogP) is 3.61. The fraction of sp³-hybridized carbons (Fsp3) is 1.00. The van der Waals surface area contributed by atoms with Gasteiger partial charge < -0.3 is 10.1 Å². The first-order valence-corrected chi connectivity index (χ1v) is 7.24. The van der Waals surface area contributed by atoms with Crippen LogP contribution in [0.25, 0.3) is 0 Å². The van der Waals surface area contributed by atoms with E-state index in [0.717, 1.165) is 12.5 Å². The third kappa shape index (κ3) is 5.87. The van der Waals surface area contributed by atoms with E-state index in [9.17, 15) is 0 Å². The lowest BCUT2D eigenvalue weighted by Crippen LogP contribution is -2.43. The second-order valence-electron chi connectivity index (χ2n) is 6.70. The summed E-state index contributed by atoms with van der Waals surface area (Å²) in [5.74, 6) is 0.814. The Bertz CT molecular complexity index is 205. The number of nitrogens with one attached hydrogen (secondary N) is 1. The molecule has 17 heavy (non-hydrogen) atoms. The third-order valence-corrected chi connectivity index (χ3v) is 3.62. The second-order valence-corrected chi connectivity index (χ2v) is 6.70. The Balaban J connectivity index is 2.45. The summed E-state index contributed by atoms with van der Waals surface area (Å²) in [6.45, 7) is 10.3. The van der Waals surface area contributed by atoms with Gasteiger partial charge in [0.2, 0.25) is 0 Å². The average Bonchev–Trinajstić information content (AvgIpc) is 3.05. The summed E-state index contributed by atoms with van der Waals surface area (Å²) in [4.78, 5) is 0. The molecule has 2 atom stereocenters. The molecule has 1 N–H and O–H groups in total. The van der Waals surface area contributed by atoms with Crippen molar-refractivity contribution in [2.45, 2.75) is 71.9 Å². The summed E-state index contributed by atoms with van der Waals surface area (Å²) >= 11 is 0. The van der Waals surface area contributed by atoms with Gasteiger partial charge in [0.1, 0.15) is 0 Å². The number of methoxy groups -OCH3 is 1. The monoisotopic (exact) mass is 241 g/mol. The van der Waals surface area contributed by atoms with E-state index in [1.807, 2.05) is 7.11 Å². The SMILES string of the molecule is CCCNC(CCC(C)(C)C)C(OC)C1CC1. The highest BCUT2D eigenvalue weighted by Crippen LogP contribution is 2.37. The highest BCUT2D eigenvalue weighted by molar-refractivity contribution is 4.90. The molecule has 102 valence electrons. The minimum absolute atomic E-state index is 0.425. The number of ether oxygens (including phenoxy) is 1. The lowest BCUT2D eigenvalue weighted by atomic mass is 9.87. The lowest BCUT2D eigenvalue weighted by molar-refractivity contribution is 0.0449. The molecular weight excluding hydrogens is 210 g/mol. The van der Waals surface area contributed by atoms with Gasteiger partial charge in [0.05, 0.1) is 6.10 Å². The molecule has 0 heterocycles. The Morgan fingerprint density at radius 2 is 1.94 bits per heavy atom. The summed E-state index contributed by atoms with van der Waals surface area (Å²) < 4.78 is 5.74. The molecule has 0 aliphatic heterocycles. The molecule has 1 saturated carbocycles. The molecule has 1 aliphatic rings. The van der Waals surface area contributed by atoms with E-state index in [0.29, 0.717) is 17.6 Å². The third-order valence-electron chi connectivity index (χ3n) is 3.62. The molecule has 0 spiro atoms. The maximum atomic E-state index is 5.74. The van der Waals surface area contributed by atoms with Crippen LogP contribution < -0.4 is 5.32 Å². The quantitative estimate of drug-likeness (QED) is 0.701. The van der Waals surface area contributed by atoms with Crippen molar-refractivity contribution in [3.8, 4) is 0 Å². The molecule has 2 heteroatoms. The van der Waals surface area contributed by atoms with Gasteiger partial charge in [-0.25, -0.2) is 0 Å². The van der Waals surface area contributed by atoms with E-state index in [1.165, 1.54) is 32.1 Å². The van der Waals surface area contributed by atoms with Gasteiger partial charge in [-0.15, -0.1) is 0 Å². The second kappa shape index (κ2) is 6.75. The molecule has 2 unspecified atom stereocenters. The zero-order valence-electron chi connectivity index (χ0n) is 12.4. The van der Waals surface area contributed by atoms with Crippen molar-refractivity contribution in [3.63, 3.8) is 0 Å². The largest absolute Gasteiger partial charge is 0.380 e. The van der Waals surface area contributed by atoms with Gasteiger partial charge in [0.15, 0.2) is 0 Å². The minimum atomic E-state index is 0.425. The van der Waals surface area contributed by atoms with E-state index in [-0.39, 0.29) is 0 Å². The maximum Gasteiger partial charge on any atom is 0.0752 e. The number of rotatable bonds is 8. The van der Waals surface area contributed by atoms with E-state index in [1.54, 1.807) is 0 Å². The minimum Gasteiger partial charge on any atom is -0.380 e. The normalized spacial score (nSPS) is 20.3. The van der Waals surface area contributed by atoms with Crippen molar-refractivity contribution < 1.29 is 4.74 Å². The Morgan fingerprint density at radius 3 is 2.35 bits per heavy atom. The molecule has 0 radical (unpaired) electrons. The van der Waals surface area contributed by atoms with Crippen LogP contribution in [0.15, 0.2) is 0 Å². The van der Waals surface area contributed by atoms with Crippen molar-refractivity contribution in [2.75, 3.05) is 13.7 Å². The van der Waals surface area contributed by atoms with Gasteiger partial charge in [-0.1, -0.05) is 27.7 Å². The summed E-state index contributed by atoms with van der Waals surface area (Å²) in [6.07, 6.45) is 6.85. The van der Waals surface area contributed by atoms with Crippen molar-refractivity contribution >= 4 is 0 Å². The Kier molecular flexibility index (Phi) is 5.94. The van der Waals surface area contributed by atoms with Gasteiger partial charge in [0.25, 0.3) is 0 Å². The Labute approximate surface area is 108 Å². The first kappa shape index (κ1) is 15.0. The van der Waals surface area contributed by atoms with Gasteiger partial charge in [-0.3, -0.25) is 0 Å². The van der Waals surface area contributed by atoms with Crippen LogP contribution in [0.2, 0.25) is 0 Å². The average molecular weight is 241 g/mol. The van der Waals surface area contributed by atoms with E-state index in [2.05, 4.69) is 33.0 Å². The standard InChI is InChI=1S/C15H31NO/c1-6-11-16-13(9-10-15(2,3)4)14(17-5)12-7-8-12/h12-14,16H,6-11H2,1-5H3. The molecule has 0 aromatic heterocycles. The van der Waals surface area contributed by atoms with Crippen LogP contribution in [0, 0.1) is 11.3 Å². The van der Waals surface area contributed by atoms with Crippen molar-refractivity contribution in [3.05, 3.63) is 0 Å². The van der Waals surface area contributed by atoms with Gasteiger partial charge in [-0.2, -0.15) is 0 Å². The van der Waals surface area contributed by atoms with Crippen LogP contribution >= 0.6 is 0 Å². The van der Waals surface area contributed by atoms with Crippen molar-refractivity contribution in [1.82, 2.24) is 5.32 Å². The van der Waals surface area contributed by atoms with Crippen LogP contribution in [-0.2, 0) is 4.74 Å². The van der Waals surface area contributed by atoms with Crippen LogP contribution in [0.1, 0.15) is 59.8 Å². The smallest absolute Gasteiger partial charge is 0.0752 e. The Hall–Kier alpha value is -0.0800. The summed E-state index contributed by atoms with van der Waals surface area (Å²) in [7, 11) is 1.88. The zero-order valence-corrected chi connectivity index (χ0v) is 12.4. The molecule has 0 amide bonds. The van der Waals surface area contributed by atoms with Crippen molar-refractivity contribution in [1.29, 1.82) is 0 Å². The fourth-order valence-electron chi connectivity index (χ4n) is 2.41. The Morgan fingerprint density at radius 1 is 1.29 bits per heavy atom. The first-order chi connectivity index (χ1) is 7.98. The van der Waals surface area contributed by atoms with Gasteiger partial charge in [-0.05, 0) is 50.0 Å². The maximum absolute atomic E-state index is 5.74. The summed E-state index contributed by atoms with van der Waals surface area (Å²) in [6, 6.07) is 0.548. The molecular formula is C15H31NO. The van der Waals surface area contributed by atoms with E-state index < -0.39 is 0 Å². The number of hydrogen-bond acceptors (Lipinski definition) is 2. The van der Waals surface area contributed by atoms with E-state index in [4.69, 9.17) is 4.74 Å². The van der Waals surface area contributed by atoms with Gasteiger partial charge in [0, 0.05) is 13.2 Å². The topological polar surface area (TPSA) is 21.3 Å². The molecule has 1 aliphatic carbocycles. The fourth-order valence-corrected chi connectivity index (χ4v) is 2.41. The molecule has 1 fully saturated rings. The summed E-state index contributed by atoms with van der Waals surface area (Å²) in [5, 5.41) is 3.69.